The van der Waals surface area contributed by atoms with Crippen LogP contribution in [0.25, 0.3) is 11.3 Å². The van der Waals surface area contributed by atoms with Crippen LogP contribution in [-0.4, -0.2) is 99.2 Å². The van der Waals surface area contributed by atoms with Crippen molar-refractivity contribution in [1.29, 1.82) is 0 Å². The van der Waals surface area contributed by atoms with Crippen molar-refractivity contribution in [3.05, 3.63) is 89.5 Å². The average Bonchev–Trinajstić information content (AvgIpc) is 3.84. The molecule has 17 heteroatoms. The van der Waals surface area contributed by atoms with Gasteiger partial charge in [0, 0.05) is 49.8 Å². The Hall–Kier alpha value is -7.04. The lowest BCUT2D eigenvalue weighted by Crippen LogP contribution is -2.54. The second kappa shape index (κ2) is 19.2. The number of nitrogens with two attached hydrogens (primary N) is 1. The molecule has 2 saturated heterocycles. The highest BCUT2D eigenvalue weighted by Crippen LogP contribution is 2.41. The van der Waals surface area contributed by atoms with Crippen molar-refractivity contribution in [2.75, 3.05) is 36.8 Å². The summed E-state index contributed by atoms with van der Waals surface area (Å²) in [5.41, 5.74) is 8.47. The van der Waals surface area contributed by atoms with E-state index in [1.54, 1.807) is 6.07 Å². The number of likely N-dealkylation sites (tertiary alicyclic amines) is 1. The Labute approximate surface area is 382 Å². The maximum atomic E-state index is 13.4. The maximum absolute atomic E-state index is 13.4. The molecule has 3 aromatic carbocycles. The van der Waals surface area contributed by atoms with Gasteiger partial charge in [0.25, 0.3) is 17.7 Å². The highest BCUT2D eigenvalue weighted by Gasteiger charge is 2.45. The molecule has 4 aromatic rings. The second-order valence-corrected chi connectivity index (χ2v) is 18.1. The molecule has 3 fully saturated rings. The van der Waals surface area contributed by atoms with Crippen LogP contribution in [0.4, 0.5) is 11.5 Å². The SMILES string of the molecule is NC(=O)c1c(-c2ccc(Oc3ccccc3)cc2)nn2c1NCC[C@H]2C1CCN(C(=O)CCC[C@H]2CC[C@H](NC(=O)CNc3ccc4c(c3)C(=O)N(C3CCC(=O)NC3=O)C4=O)CC2)CC1. The van der Waals surface area contributed by atoms with Crippen molar-refractivity contribution in [2.45, 2.75) is 95.2 Å². The van der Waals surface area contributed by atoms with Gasteiger partial charge in [0.2, 0.25) is 23.6 Å². The number of imide groups is 2. The normalized spacial score (nSPS) is 21.9. The molecule has 1 aliphatic carbocycles. The second-order valence-electron chi connectivity index (χ2n) is 18.1. The Kier molecular flexibility index (Phi) is 12.9. The number of benzene rings is 3. The number of aromatic nitrogens is 2. The number of para-hydroxylation sites is 1. The minimum atomic E-state index is -1.04. The first kappa shape index (κ1) is 44.2. The van der Waals surface area contributed by atoms with E-state index < -0.39 is 35.6 Å². The number of hydrogen-bond acceptors (Lipinski definition) is 11. The summed E-state index contributed by atoms with van der Waals surface area (Å²) in [4.78, 5) is 92.2. The number of ether oxygens (including phenoxy) is 1. The van der Waals surface area contributed by atoms with Crippen LogP contribution in [-0.2, 0) is 19.2 Å². The number of nitrogens with one attached hydrogen (secondary N) is 4. The van der Waals surface area contributed by atoms with Gasteiger partial charge in [-0.1, -0.05) is 18.2 Å². The number of fused-ring (bicyclic) bond motifs is 2. The standard InChI is InChI=1S/C49H55N9O8/c50-45(62)43-44(31-11-16-35(17-12-31)66-34-6-2-1-3-7-34)55-58-38(21-24-51-46(43)58)30-22-25-56(26-23-30)42(61)8-4-5-29-9-13-32(14-10-29)53-41(60)28-52-33-15-18-36-37(27-33)49(65)57(48(36)64)39-19-20-40(59)54-47(39)63/h1-3,6-7,11-12,15-18,27,29-30,32,38-39,51-52H,4-5,8-10,13-14,19-26,28H2,(H2,50,62)(H,53,60)(H,54,59,63)/t29-,32-,38-,39?/m0/s1. The van der Waals surface area contributed by atoms with E-state index in [1.165, 1.54) is 12.1 Å². The Morgan fingerprint density at radius 3 is 2.27 bits per heavy atom. The summed E-state index contributed by atoms with van der Waals surface area (Å²) in [6.07, 6.45) is 8.66. The van der Waals surface area contributed by atoms with Crippen LogP contribution in [0.2, 0.25) is 0 Å². The zero-order valence-corrected chi connectivity index (χ0v) is 36.8. The van der Waals surface area contributed by atoms with E-state index in [9.17, 15) is 33.6 Å². The molecule has 344 valence electrons. The lowest BCUT2D eigenvalue weighted by Gasteiger charge is -2.38. The number of hydrogen-bond donors (Lipinski definition) is 5. The topological polar surface area (TPSA) is 227 Å². The Balaban J connectivity index is 0.691. The van der Waals surface area contributed by atoms with E-state index in [0.717, 1.165) is 74.0 Å². The summed E-state index contributed by atoms with van der Waals surface area (Å²) in [6, 6.07) is 20.8. The molecular weight excluding hydrogens is 843 g/mol. The average molecular weight is 898 g/mol. The molecule has 1 saturated carbocycles. The lowest BCUT2D eigenvalue weighted by molar-refractivity contribution is -0.136. The van der Waals surface area contributed by atoms with Gasteiger partial charge in [-0.15, -0.1) is 0 Å². The van der Waals surface area contributed by atoms with Gasteiger partial charge in [-0.2, -0.15) is 5.10 Å². The van der Waals surface area contributed by atoms with Gasteiger partial charge >= 0.3 is 0 Å². The van der Waals surface area contributed by atoms with E-state index in [0.29, 0.717) is 66.4 Å². The number of nitrogens with zero attached hydrogens (tertiary/aromatic N) is 4. The molecule has 66 heavy (non-hydrogen) atoms. The molecular formula is C49H55N9O8. The Bertz CT molecular complexity index is 2530. The summed E-state index contributed by atoms with van der Waals surface area (Å²) >= 11 is 0. The molecule has 5 aliphatic rings. The number of amides is 7. The summed E-state index contributed by atoms with van der Waals surface area (Å²) in [5.74, 6) is 0.0509. The fraction of sp³-hybridized carbons (Fsp3) is 0.429. The molecule has 9 rings (SSSR count). The van der Waals surface area contributed by atoms with E-state index >= 15 is 0 Å². The number of primary amides is 1. The van der Waals surface area contributed by atoms with Crippen LogP contribution in [0.15, 0.2) is 72.8 Å². The molecule has 0 radical (unpaired) electrons. The first-order chi connectivity index (χ1) is 32.0. The number of carbonyl (C=O) groups excluding carboxylic acids is 7. The molecule has 1 unspecified atom stereocenters. The first-order valence-corrected chi connectivity index (χ1v) is 23.2. The number of rotatable bonds is 14. The molecule has 4 aliphatic heterocycles. The fourth-order valence-electron chi connectivity index (χ4n) is 10.4. The van der Waals surface area contributed by atoms with Gasteiger partial charge in [0.1, 0.15) is 34.6 Å². The van der Waals surface area contributed by atoms with Crippen molar-refractivity contribution < 1.29 is 38.3 Å². The summed E-state index contributed by atoms with van der Waals surface area (Å²) in [7, 11) is 0. The first-order valence-electron chi connectivity index (χ1n) is 23.2. The zero-order valence-electron chi connectivity index (χ0n) is 36.8. The molecule has 17 nitrogen and oxygen atoms in total. The quantitative estimate of drug-likeness (QED) is 0.101. The maximum Gasteiger partial charge on any atom is 0.262 e. The highest BCUT2D eigenvalue weighted by molar-refractivity contribution is 6.23. The minimum absolute atomic E-state index is 0.0159. The summed E-state index contributed by atoms with van der Waals surface area (Å²) in [6.45, 7) is 2.06. The van der Waals surface area contributed by atoms with Gasteiger partial charge in [-0.25, -0.2) is 4.68 Å². The largest absolute Gasteiger partial charge is 0.457 e. The fourth-order valence-corrected chi connectivity index (χ4v) is 10.4. The predicted molar refractivity (Wildman–Crippen MR) is 243 cm³/mol. The van der Waals surface area contributed by atoms with Gasteiger partial charge < -0.3 is 31.3 Å². The lowest BCUT2D eigenvalue weighted by atomic mass is 9.83. The Morgan fingerprint density at radius 1 is 0.818 bits per heavy atom. The summed E-state index contributed by atoms with van der Waals surface area (Å²) < 4.78 is 7.92. The van der Waals surface area contributed by atoms with Crippen LogP contribution < -0.4 is 31.7 Å². The van der Waals surface area contributed by atoms with Crippen molar-refractivity contribution in [1.82, 2.24) is 30.2 Å². The van der Waals surface area contributed by atoms with Crippen molar-refractivity contribution in [3.63, 3.8) is 0 Å². The van der Waals surface area contributed by atoms with Gasteiger partial charge in [-0.3, -0.25) is 43.8 Å². The summed E-state index contributed by atoms with van der Waals surface area (Å²) in [5, 5.41) is 16.7. The molecule has 1 aromatic heterocycles. The minimum Gasteiger partial charge on any atom is -0.457 e. The van der Waals surface area contributed by atoms with Gasteiger partial charge in [0.15, 0.2) is 0 Å². The zero-order chi connectivity index (χ0) is 45.9. The smallest absolute Gasteiger partial charge is 0.262 e. The van der Waals surface area contributed by atoms with Crippen LogP contribution >= 0.6 is 0 Å². The van der Waals surface area contributed by atoms with Crippen LogP contribution in [0, 0.1) is 11.8 Å². The predicted octanol–water partition coefficient (Wildman–Crippen LogP) is 5.40. The van der Waals surface area contributed by atoms with E-state index in [1.807, 2.05) is 64.2 Å². The molecule has 6 N–H and O–H groups in total. The Morgan fingerprint density at radius 2 is 1.55 bits per heavy atom. The number of piperidine rings is 2. The van der Waals surface area contributed by atoms with Crippen molar-refractivity contribution in [2.24, 2.45) is 17.6 Å². The molecule has 7 amide bonds. The van der Waals surface area contributed by atoms with Crippen LogP contribution in [0.3, 0.4) is 0 Å². The molecule has 0 spiro atoms. The molecule has 5 heterocycles. The van der Waals surface area contributed by atoms with Crippen molar-refractivity contribution >= 4 is 52.9 Å². The van der Waals surface area contributed by atoms with Crippen LogP contribution in [0.1, 0.15) is 114 Å². The molecule has 2 atom stereocenters. The highest BCUT2D eigenvalue weighted by atomic mass is 16.5. The van der Waals surface area contributed by atoms with E-state index in [-0.39, 0.29) is 54.4 Å². The molecule has 0 bridgehead atoms. The third kappa shape index (κ3) is 9.37. The third-order valence-electron chi connectivity index (χ3n) is 13.9. The van der Waals surface area contributed by atoms with Gasteiger partial charge in [0.05, 0.1) is 23.7 Å². The van der Waals surface area contributed by atoms with E-state index in [2.05, 4.69) is 21.3 Å². The van der Waals surface area contributed by atoms with Crippen molar-refractivity contribution in [3.8, 4) is 22.8 Å². The third-order valence-corrected chi connectivity index (χ3v) is 13.9. The van der Waals surface area contributed by atoms with E-state index in [4.69, 9.17) is 15.6 Å². The monoisotopic (exact) mass is 897 g/mol. The van der Waals surface area contributed by atoms with Crippen LogP contribution in [0.5, 0.6) is 11.5 Å². The van der Waals surface area contributed by atoms with Gasteiger partial charge in [-0.05, 0) is 131 Å². The number of anilines is 2. The number of carbonyl (C=O) groups is 7.